The molecular weight excluding hydrogens is 238 g/mol. The third-order valence-electron chi connectivity index (χ3n) is 3.43. The van der Waals surface area contributed by atoms with Crippen molar-refractivity contribution in [1.29, 1.82) is 0 Å². The molecular formula is C13H20ClNS. The molecule has 1 aliphatic rings. The summed E-state index contributed by atoms with van der Waals surface area (Å²) in [5, 5.41) is 5.90. The number of nitrogens with one attached hydrogen (secondary N) is 1. The lowest BCUT2D eigenvalue weighted by molar-refractivity contribution is 0.415. The highest BCUT2D eigenvalue weighted by molar-refractivity contribution is 7.14. The van der Waals surface area contributed by atoms with Gasteiger partial charge in [-0.25, -0.2) is 0 Å². The average Bonchev–Trinajstić information content (AvgIpc) is 2.54. The zero-order valence-electron chi connectivity index (χ0n) is 9.84. The van der Waals surface area contributed by atoms with Crippen molar-refractivity contribution in [3.63, 3.8) is 0 Å². The zero-order chi connectivity index (χ0) is 11.4. The predicted molar refractivity (Wildman–Crippen MR) is 72.4 cm³/mol. The van der Waals surface area contributed by atoms with Crippen LogP contribution in [0.1, 0.15) is 57.1 Å². The van der Waals surface area contributed by atoms with Crippen molar-refractivity contribution in [3.8, 4) is 0 Å². The van der Waals surface area contributed by atoms with Crippen LogP contribution >= 0.6 is 22.9 Å². The maximum atomic E-state index is 5.96. The first-order chi connectivity index (χ1) is 7.75. The molecule has 1 unspecified atom stereocenters. The summed E-state index contributed by atoms with van der Waals surface area (Å²) < 4.78 is 0.893. The van der Waals surface area contributed by atoms with Gasteiger partial charge < -0.3 is 5.32 Å². The smallest absolute Gasteiger partial charge is 0.0931 e. The first-order valence-electron chi connectivity index (χ1n) is 6.25. The summed E-state index contributed by atoms with van der Waals surface area (Å²) in [7, 11) is 0. The topological polar surface area (TPSA) is 12.0 Å². The Bertz CT molecular complexity index is 315. The molecule has 1 saturated carbocycles. The van der Waals surface area contributed by atoms with E-state index in [1.807, 2.05) is 0 Å². The molecule has 3 heteroatoms. The lowest BCUT2D eigenvalue weighted by Gasteiger charge is -2.21. The maximum absolute atomic E-state index is 5.96. The molecule has 1 fully saturated rings. The van der Waals surface area contributed by atoms with Gasteiger partial charge in [-0.05, 0) is 36.8 Å². The Morgan fingerprint density at radius 1 is 1.31 bits per heavy atom. The first kappa shape index (κ1) is 12.4. The Kier molecular flexibility index (Phi) is 4.68. The second kappa shape index (κ2) is 6.04. The number of halogens is 1. The molecule has 1 aliphatic carbocycles. The Hall–Kier alpha value is -0.0500. The molecule has 0 aliphatic heterocycles. The molecule has 0 aromatic carbocycles. The van der Waals surface area contributed by atoms with Crippen LogP contribution in [-0.2, 0) is 0 Å². The number of hydrogen-bond donors (Lipinski definition) is 1. The van der Waals surface area contributed by atoms with Gasteiger partial charge >= 0.3 is 0 Å². The van der Waals surface area contributed by atoms with Crippen LogP contribution in [0.3, 0.4) is 0 Å². The molecule has 1 heterocycles. The van der Waals surface area contributed by atoms with Crippen molar-refractivity contribution in [3.05, 3.63) is 21.3 Å². The molecule has 0 spiro atoms. The fraction of sp³-hybridized carbons (Fsp3) is 0.692. The van der Waals surface area contributed by atoms with Crippen molar-refractivity contribution in [2.45, 2.75) is 57.5 Å². The average molecular weight is 258 g/mol. The van der Waals surface area contributed by atoms with Crippen LogP contribution in [0.2, 0.25) is 4.34 Å². The molecule has 1 N–H and O–H groups in total. The van der Waals surface area contributed by atoms with Gasteiger partial charge in [-0.3, -0.25) is 0 Å². The molecule has 90 valence electrons. The van der Waals surface area contributed by atoms with E-state index < -0.39 is 0 Å². The molecule has 1 atom stereocenters. The van der Waals surface area contributed by atoms with Crippen LogP contribution in [0.25, 0.3) is 0 Å². The van der Waals surface area contributed by atoms with Gasteiger partial charge in [-0.1, -0.05) is 37.3 Å². The lowest BCUT2D eigenvalue weighted by atomic mass is 10.1. The van der Waals surface area contributed by atoms with Crippen molar-refractivity contribution < 1.29 is 0 Å². The van der Waals surface area contributed by atoms with Gasteiger partial charge in [0.2, 0.25) is 0 Å². The normalized spacial score (nSPS) is 20.6. The van der Waals surface area contributed by atoms with Crippen LogP contribution in [-0.4, -0.2) is 6.04 Å². The van der Waals surface area contributed by atoms with Crippen LogP contribution in [0.15, 0.2) is 11.4 Å². The van der Waals surface area contributed by atoms with Crippen molar-refractivity contribution in [1.82, 2.24) is 5.32 Å². The van der Waals surface area contributed by atoms with Gasteiger partial charge in [0, 0.05) is 12.1 Å². The minimum atomic E-state index is 0.437. The van der Waals surface area contributed by atoms with Crippen molar-refractivity contribution >= 4 is 22.9 Å². The summed E-state index contributed by atoms with van der Waals surface area (Å²) in [5.41, 5.74) is 1.33. The summed E-state index contributed by atoms with van der Waals surface area (Å²) in [6.45, 7) is 2.24. The van der Waals surface area contributed by atoms with Crippen LogP contribution in [0, 0.1) is 0 Å². The highest BCUT2D eigenvalue weighted by Crippen LogP contribution is 2.26. The lowest BCUT2D eigenvalue weighted by Crippen LogP contribution is -2.30. The molecule has 0 saturated heterocycles. The number of thiophene rings is 1. The van der Waals surface area contributed by atoms with Crippen LogP contribution < -0.4 is 5.32 Å². The molecule has 0 bridgehead atoms. The van der Waals surface area contributed by atoms with Crippen LogP contribution in [0.5, 0.6) is 0 Å². The molecule has 1 aromatic heterocycles. The summed E-state index contributed by atoms with van der Waals surface area (Å²) in [5.74, 6) is 0. The quantitative estimate of drug-likeness (QED) is 0.769. The van der Waals surface area contributed by atoms with E-state index in [1.54, 1.807) is 11.3 Å². The van der Waals surface area contributed by atoms with Gasteiger partial charge in [0.25, 0.3) is 0 Å². The van der Waals surface area contributed by atoms with Gasteiger partial charge in [0.15, 0.2) is 0 Å². The molecule has 1 aromatic rings. The van der Waals surface area contributed by atoms with E-state index in [9.17, 15) is 0 Å². The van der Waals surface area contributed by atoms with Crippen molar-refractivity contribution in [2.24, 2.45) is 0 Å². The highest BCUT2D eigenvalue weighted by atomic mass is 35.5. The molecule has 2 rings (SSSR count). The second-order valence-corrected chi connectivity index (χ2v) is 6.30. The SMILES string of the molecule is CC(NC1CCCCCC1)c1csc(Cl)c1. The zero-order valence-corrected chi connectivity index (χ0v) is 11.4. The summed E-state index contributed by atoms with van der Waals surface area (Å²) >= 11 is 7.59. The summed E-state index contributed by atoms with van der Waals surface area (Å²) in [6.07, 6.45) is 8.27. The molecule has 0 radical (unpaired) electrons. The van der Waals surface area contributed by atoms with E-state index in [0.29, 0.717) is 12.1 Å². The van der Waals surface area contributed by atoms with Gasteiger partial charge in [-0.2, -0.15) is 0 Å². The number of hydrogen-bond acceptors (Lipinski definition) is 2. The number of rotatable bonds is 3. The molecule has 1 nitrogen and oxygen atoms in total. The Balaban J connectivity index is 1.88. The third-order valence-corrected chi connectivity index (χ3v) is 4.54. The Morgan fingerprint density at radius 2 is 2.00 bits per heavy atom. The fourth-order valence-corrected chi connectivity index (χ4v) is 3.43. The van der Waals surface area contributed by atoms with E-state index in [4.69, 9.17) is 11.6 Å². The highest BCUT2D eigenvalue weighted by Gasteiger charge is 2.15. The summed E-state index contributed by atoms with van der Waals surface area (Å²) in [6, 6.07) is 3.23. The van der Waals surface area contributed by atoms with E-state index >= 15 is 0 Å². The monoisotopic (exact) mass is 257 g/mol. The second-order valence-electron chi connectivity index (χ2n) is 4.76. The van der Waals surface area contributed by atoms with Crippen molar-refractivity contribution in [2.75, 3.05) is 0 Å². The van der Waals surface area contributed by atoms with Gasteiger partial charge in [0.1, 0.15) is 0 Å². The van der Waals surface area contributed by atoms with Gasteiger partial charge in [0.05, 0.1) is 4.34 Å². The molecule has 16 heavy (non-hydrogen) atoms. The maximum Gasteiger partial charge on any atom is 0.0931 e. The Labute approximate surface area is 107 Å². The first-order valence-corrected chi connectivity index (χ1v) is 7.51. The predicted octanol–water partition coefficient (Wildman–Crippen LogP) is 4.77. The van der Waals surface area contributed by atoms with Crippen LogP contribution in [0.4, 0.5) is 0 Å². The Morgan fingerprint density at radius 3 is 2.56 bits per heavy atom. The largest absolute Gasteiger partial charge is 0.307 e. The fourth-order valence-electron chi connectivity index (χ4n) is 2.45. The minimum absolute atomic E-state index is 0.437. The van der Waals surface area contributed by atoms with E-state index in [-0.39, 0.29) is 0 Å². The molecule has 0 amide bonds. The standard InChI is InChI=1S/C13H20ClNS/c1-10(11-8-13(14)16-9-11)15-12-6-4-2-3-5-7-12/h8-10,12,15H,2-7H2,1H3. The minimum Gasteiger partial charge on any atom is -0.307 e. The van der Waals surface area contributed by atoms with E-state index in [0.717, 1.165) is 4.34 Å². The summed E-state index contributed by atoms with van der Waals surface area (Å²) in [4.78, 5) is 0. The third kappa shape index (κ3) is 3.47. The van der Waals surface area contributed by atoms with E-state index in [2.05, 4.69) is 23.7 Å². The van der Waals surface area contributed by atoms with E-state index in [1.165, 1.54) is 44.1 Å². The van der Waals surface area contributed by atoms with Gasteiger partial charge in [-0.15, -0.1) is 11.3 Å².